The van der Waals surface area contributed by atoms with Gasteiger partial charge >= 0.3 is 6.09 Å². The van der Waals surface area contributed by atoms with Gasteiger partial charge in [-0.1, -0.05) is 33.5 Å². The Morgan fingerprint density at radius 3 is 2.00 bits per heavy atom. The standard InChI is InChI=1S/C13H29NO2Si/c1-11(2)9-14(10-17(6,7)8)12(15)16-13(3,4)5/h11H,9-10H2,1-8H3. The third-order valence-electron chi connectivity index (χ3n) is 1.90. The summed E-state index contributed by atoms with van der Waals surface area (Å²) in [5.74, 6) is 0.471. The Bertz CT molecular complexity index is 251. The predicted molar refractivity (Wildman–Crippen MR) is 76.0 cm³/mol. The van der Waals surface area contributed by atoms with E-state index in [1.54, 1.807) is 0 Å². The molecule has 0 fully saturated rings. The maximum absolute atomic E-state index is 12.1. The summed E-state index contributed by atoms with van der Waals surface area (Å²) in [6.07, 6.45) is 0.689. The molecule has 0 radical (unpaired) electrons. The molecule has 0 spiro atoms. The molecule has 0 atom stereocenters. The number of hydrogen-bond donors (Lipinski definition) is 0. The molecule has 0 aliphatic carbocycles. The van der Waals surface area contributed by atoms with Crippen LogP contribution in [0.2, 0.25) is 19.6 Å². The van der Waals surface area contributed by atoms with E-state index in [0.29, 0.717) is 5.92 Å². The van der Waals surface area contributed by atoms with Crippen molar-refractivity contribution in [1.82, 2.24) is 4.90 Å². The molecule has 17 heavy (non-hydrogen) atoms. The van der Waals surface area contributed by atoms with Crippen LogP contribution in [-0.4, -0.2) is 37.4 Å². The van der Waals surface area contributed by atoms with Crippen molar-refractivity contribution >= 4 is 14.2 Å². The van der Waals surface area contributed by atoms with Gasteiger partial charge in [0.1, 0.15) is 5.60 Å². The lowest BCUT2D eigenvalue weighted by molar-refractivity contribution is 0.0260. The highest BCUT2D eigenvalue weighted by molar-refractivity contribution is 6.76. The zero-order chi connectivity index (χ0) is 13.9. The molecule has 0 rings (SSSR count). The van der Waals surface area contributed by atoms with Crippen molar-refractivity contribution in [2.24, 2.45) is 5.92 Å². The number of rotatable bonds is 4. The van der Waals surface area contributed by atoms with Crippen LogP contribution in [0.1, 0.15) is 34.6 Å². The zero-order valence-corrected chi connectivity index (χ0v) is 13.8. The van der Waals surface area contributed by atoms with Crippen molar-refractivity contribution in [2.45, 2.75) is 59.9 Å². The third-order valence-corrected chi connectivity index (χ3v) is 3.23. The maximum Gasteiger partial charge on any atom is 0.410 e. The molecule has 102 valence electrons. The summed E-state index contributed by atoms with van der Waals surface area (Å²) in [4.78, 5) is 14.0. The fourth-order valence-corrected chi connectivity index (χ4v) is 2.95. The fourth-order valence-electron chi connectivity index (χ4n) is 1.54. The molecule has 0 aromatic rings. The summed E-state index contributed by atoms with van der Waals surface area (Å²) in [6.45, 7) is 17.6. The molecule has 0 heterocycles. The molecule has 0 N–H and O–H groups in total. The lowest BCUT2D eigenvalue weighted by Crippen LogP contribution is -2.47. The largest absolute Gasteiger partial charge is 0.444 e. The molecule has 0 aromatic heterocycles. The average Bonchev–Trinajstić information content (AvgIpc) is 1.95. The van der Waals surface area contributed by atoms with Crippen LogP contribution in [-0.2, 0) is 4.74 Å². The van der Waals surface area contributed by atoms with Gasteiger partial charge in [-0.25, -0.2) is 4.79 Å². The van der Waals surface area contributed by atoms with Crippen LogP contribution in [0.4, 0.5) is 4.79 Å². The Kier molecular flexibility index (Phi) is 5.71. The highest BCUT2D eigenvalue weighted by Gasteiger charge is 2.27. The van der Waals surface area contributed by atoms with E-state index in [1.807, 2.05) is 25.7 Å². The van der Waals surface area contributed by atoms with Gasteiger partial charge in [-0.3, -0.25) is 0 Å². The first-order valence-electron chi connectivity index (χ1n) is 6.38. The average molecular weight is 259 g/mol. The van der Waals surface area contributed by atoms with Gasteiger partial charge in [-0.15, -0.1) is 0 Å². The molecule has 0 unspecified atom stereocenters. The van der Waals surface area contributed by atoms with E-state index in [4.69, 9.17) is 4.74 Å². The zero-order valence-electron chi connectivity index (χ0n) is 12.8. The van der Waals surface area contributed by atoms with E-state index in [9.17, 15) is 4.79 Å². The summed E-state index contributed by atoms with van der Waals surface area (Å²) >= 11 is 0. The molecule has 0 aromatic carbocycles. The topological polar surface area (TPSA) is 29.5 Å². The van der Waals surface area contributed by atoms with Gasteiger partial charge in [0.2, 0.25) is 0 Å². The van der Waals surface area contributed by atoms with E-state index in [1.165, 1.54) is 0 Å². The van der Waals surface area contributed by atoms with Gasteiger partial charge < -0.3 is 9.64 Å². The number of ether oxygens (including phenoxy) is 1. The van der Waals surface area contributed by atoms with Crippen LogP contribution >= 0.6 is 0 Å². The second-order valence-electron chi connectivity index (χ2n) is 7.32. The monoisotopic (exact) mass is 259 g/mol. The lowest BCUT2D eigenvalue weighted by Gasteiger charge is -2.32. The van der Waals surface area contributed by atoms with Crippen LogP contribution in [0.5, 0.6) is 0 Å². The number of amides is 1. The minimum absolute atomic E-state index is 0.173. The number of carbonyl (C=O) groups excluding carboxylic acids is 1. The number of hydrogen-bond acceptors (Lipinski definition) is 2. The normalized spacial score (nSPS) is 12.8. The predicted octanol–water partition coefficient (Wildman–Crippen LogP) is 3.76. The molecular formula is C13H29NO2Si. The summed E-state index contributed by atoms with van der Waals surface area (Å²) in [5.41, 5.74) is -0.411. The van der Waals surface area contributed by atoms with Crippen molar-refractivity contribution in [3.8, 4) is 0 Å². The van der Waals surface area contributed by atoms with Crippen molar-refractivity contribution in [1.29, 1.82) is 0 Å². The van der Waals surface area contributed by atoms with E-state index < -0.39 is 13.7 Å². The first kappa shape index (κ1) is 16.5. The first-order chi connectivity index (χ1) is 7.41. The van der Waals surface area contributed by atoms with Crippen molar-refractivity contribution in [3.63, 3.8) is 0 Å². The third kappa shape index (κ3) is 9.21. The Morgan fingerprint density at radius 2 is 1.71 bits per heavy atom. The Balaban J connectivity index is 4.63. The second-order valence-corrected chi connectivity index (χ2v) is 12.8. The van der Waals surface area contributed by atoms with Crippen molar-refractivity contribution < 1.29 is 9.53 Å². The van der Waals surface area contributed by atoms with Gasteiger partial charge in [0, 0.05) is 12.7 Å². The number of carbonyl (C=O) groups is 1. The molecule has 0 aliphatic heterocycles. The van der Waals surface area contributed by atoms with Gasteiger partial charge in [0.25, 0.3) is 0 Å². The molecule has 0 bridgehead atoms. The minimum Gasteiger partial charge on any atom is -0.444 e. The molecule has 0 saturated heterocycles. The Hall–Kier alpha value is -0.513. The summed E-state index contributed by atoms with van der Waals surface area (Å²) in [7, 11) is -1.30. The SMILES string of the molecule is CC(C)CN(C[Si](C)(C)C)C(=O)OC(C)(C)C. The smallest absolute Gasteiger partial charge is 0.410 e. The van der Waals surface area contributed by atoms with Crippen LogP contribution < -0.4 is 0 Å². The van der Waals surface area contributed by atoms with Crippen molar-refractivity contribution in [2.75, 3.05) is 12.7 Å². The van der Waals surface area contributed by atoms with E-state index >= 15 is 0 Å². The Morgan fingerprint density at radius 1 is 1.24 bits per heavy atom. The van der Waals surface area contributed by atoms with Crippen LogP contribution in [0, 0.1) is 5.92 Å². The quantitative estimate of drug-likeness (QED) is 0.720. The summed E-state index contributed by atoms with van der Waals surface area (Å²) in [6, 6.07) is 0. The summed E-state index contributed by atoms with van der Waals surface area (Å²) < 4.78 is 5.46. The molecular weight excluding hydrogens is 230 g/mol. The van der Waals surface area contributed by atoms with Crippen molar-refractivity contribution in [3.05, 3.63) is 0 Å². The highest BCUT2D eigenvalue weighted by Crippen LogP contribution is 2.14. The van der Waals surface area contributed by atoms with E-state index in [-0.39, 0.29) is 6.09 Å². The second kappa shape index (κ2) is 5.89. The Labute approximate surface area is 108 Å². The molecule has 0 saturated carbocycles. The number of nitrogens with zero attached hydrogens (tertiary/aromatic N) is 1. The van der Waals surface area contributed by atoms with Gasteiger partial charge in [-0.2, -0.15) is 0 Å². The summed E-state index contributed by atoms with van der Waals surface area (Å²) in [5, 5.41) is 0. The van der Waals surface area contributed by atoms with Gasteiger partial charge in [-0.05, 0) is 26.7 Å². The van der Waals surface area contributed by atoms with Gasteiger partial charge in [0.15, 0.2) is 0 Å². The lowest BCUT2D eigenvalue weighted by atomic mass is 10.2. The van der Waals surface area contributed by atoms with Crippen LogP contribution in [0.3, 0.4) is 0 Å². The van der Waals surface area contributed by atoms with Gasteiger partial charge in [0.05, 0.1) is 8.07 Å². The fraction of sp³-hybridized carbons (Fsp3) is 0.923. The van der Waals surface area contributed by atoms with E-state index in [2.05, 4.69) is 33.5 Å². The molecule has 3 nitrogen and oxygen atoms in total. The highest BCUT2D eigenvalue weighted by atomic mass is 28.3. The molecule has 4 heteroatoms. The molecule has 0 aliphatic rings. The van der Waals surface area contributed by atoms with Crippen LogP contribution in [0.15, 0.2) is 0 Å². The first-order valence-corrected chi connectivity index (χ1v) is 10.1. The van der Waals surface area contributed by atoms with E-state index in [0.717, 1.165) is 12.7 Å². The molecule has 1 amide bonds. The minimum atomic E-state index is -1.30. The van der Waals surface area contributed by atoms with Crippen LogP contribution in [0.25, 0.3) is 0 Å². The maximum atomic E-state index is 12.1.